The van der Waals surface area contributed by atoms with Gasteiger partial charge in [0.1, 0.15) is 5.52 Å². The van der Waals surface area contributed by atoms with Crippen LogP contribution in [0, 0.1) is 0 Å². The largest absolute Gasteiger partial charge is 0.327 e. The van der Waals surface area contributed by atoms with Crippen LogP contribution in [-0.2, 0) is 6.42 Å². The smallest absolute Gasteiger partial charge is 0.277 e. The van der Waals surface area contributed by atoms with Crippen molar-refractivity contribution in [1.29, 1.82) is 0 Å². The minimum Gasteiger partial charge on any atom is -0.327 e. The third-order valence-electron chi connectivity index (χ3n) is 3.72. The molecule has 3 heterocycles. The van der Waals surface area contributed by atoms with E-state index in [-0.39, 0.29) is 5.56 Å². The van der Waals surface area contributed by atoms with E-state index in [1.54, 1.807) is 16.8 Å². The SMILES string of the molecule is CCc1nn2c(nnc3c(=O)[nH]ccc32)c1-c1ccccc1. The summed E-state index contributed by atoms with van der Waals surface area (Å²) in [4.78, 5) is 14.5. The zero-order valence-corrected chi connectivity index (χ0v) is 11.9. The summed E-state index contributed by atoms with van der Waals surface area (Å²) in [5.41, 5.74) is 4.31. The molecule has 1 aromatic carbocycles. The molecule has 108 valence electrons. The summed E-state index contributed by atoms with van der Waals surface area (Å²) < 4.78 is 1.71. The lowest BCUT2D eigenvalue weighted by atomic mass is 10.0. The van der Waals surface area contributed by atoms with E-state index in [1.165, 1.54) is 0 Å². The van der Waals surface area contributed by atoms with Crippen molar-refractivity contribution in [2.45, 2.75) is 13.3 Å². The van der Waals surface area contributed by atoms with Crippen LogP contribution in [0.1, 0.15) is 12.6 Å². The molecule has 1 N–H and O–H groups in total. The highest BCUT2D eigenvalue weighted by atomic mass is 16.1. The van der Waals surface area contributed by atoms with E-state index in [0.29, 0.717) is 16.7 Å². The standard InChI is InChI=1S/C16H13N5O/c1-2-11-13(10-6-4-3-5-7-10)15-19-18-14-12(21(15)20-11)8-9-17-16(14)22/h3-9H,2H2,1H3,(H,17,22). The summed E-state index contributed by atoms with van der Waals surface area (Å²) in [5.74, 6) is 0. The highest BCUT2D eigenvalue weighted by molar-refractivity contribution is 5.84. The highest BCUT2D eigenvalue weighted by Crippen LogP contribution is 2.28. The molecular weight excluding hydrogens is 278 g/mol. The van der Waals surface area contributed by atoms with Crippen molar-refractivity contribution in [3.05, 3.63) is 58.6 Å². The van der Waals surface area contributed by atoms with Gasteiger partial charge in [0.2, 0.25) is 0 Å². The quantitative estimate of drug-likeness (QED) is 0.614. The molecule has 0 fully saturated rings. The fraction of sp³-hybridized carbons (Fsp3) is 0.125. The second kappa shape index (κ2) is 4.77. The molecular formula is C16H13N5O. The number of nitrogens with zero attached hydrogens (tertiary/aromatic N) is 4. The Morgan fingerprint density at radius 2 is 1.95 bits per heavy atom. The molecule has 0 aliphatic carbocycles. The zero-order valence-electron chi connectivity index (χ0n) is 11.9. The molecule has 4 aromatic rings. The van der Waals surface area contributed by atoms with Crippen LogP contribution in [0.4, 0.5) is 0 Å². The maximum Gasteiger partial charge on any atom is 0.277 e. The van der Waals surface area contributed by atoms with E-state index < -0.39 is 0 Å². The Balaban J connectivity index is 2.16. The van der Waals surface area contributed by atoms with Crippen molar-refractivity contribution in [3.63, 3.8) is 0 Å². The number of fused-ring (bicyclic) bond motifs is 3. The van der Waals surface area contributed by atoms with E-state index in [4.69, 9.17) is 0 Å². The molecule has 0 radical (unpaired) electrons. The first-order valence-electron chi connectivity index (χ1n) is 7.10. The van der Waals surface area contributed by atoms with Crippen molar-refractivity contribution in [2.24, 2.45) is 0 Å². The predicted octanol–water partition coefficient (Wildman–Crippen LogP) is 2.20. The molecule has 3 aromatic heterocycles. The van der Waals surface area contributed by atoms with Crippen molar-refractivity contribution in [2.75, 3.05) is 0 Å². The fourth-order valence-electron chi connectivity index (χ4n) is 2.69. The minimum absolute atomic E-state index is 0.262. The van der Waals surface area contributed by atoms with Crippen molar-refractivity contribution in [3.8, 4) is 11.1 Å². The summed E-state index contributed by atoms with van der Waals surface area (Å²) in [5, 5.41) is 13.0. The molecule has 0 atom stereocenters. The van der Waals surface area contributed by atoms with Gasteiger partial charge in [-0.25, -0.2) is 4.52 Å². The van der Waals surface area contributed by atoms with Crippen LogP contribution in [0.3, 0.4) is 0 Å². The minimum atomic E-state index is -0.262. The van der Waals surface area contributed by atoms with E-state index in [0.717, 1.165) is 23.2 Å². The molecule has 0 saturated carbocycles. The van der Waals surface area contributed by atoms with Gasteiger partial charge in [-0.15, -0.1) is 10.2 Å². The maximum absolute atomic E-state index is 11.9. The van der Waals surface area contributed by atoms with Crippen molar-refractivity contribution < 1.29 is 0 Å². The molecule has 0 spiro atoms. The Labute approximate surface area is 125 Å². The molecule has 6 heteroatoms. The summed E-state index contributed by atoms with van der Waals surface area (Å²) in [7, 11) is 0. The van der Waals surface area contributed by atoms with E-state index in [1.807, 2.05) is 30.3 Å². The van der Waals surface area contributed by atoms with Gasteiger partial charge in [0.25, 0.3) is 5.56 Å². The number of hydrogen-bond donors (Lipinski definition) is 1. The Kier molecular flexibility index (Phi) is 2.75. The third-order valence-corrected chi connectivity index (χ3v) is 3.72. The topological polar surface area (TPSA) is 75.9 Å². The lowest BCUT2D eigenvalue weighted by Gasteiger charge is -2.01. The average Bonchev–Trinajstić information content (AvgIpc) is 2.95. The molecule has 0 bridgehead atoms. The first kappa shape index (κ1) is 12.7. The van der Waals surface area contributed by atoms with Crippen LogP contribution in [0.2, 0.25) is 0 Å². The number of aromatic amines is 1. The summed E-state index contributed by atoms with van der Waals surface area (Å²) >= 11 is 0. The zero-order chi connectivity index (χ0) is 15.1. The first-order chi connectivity index (χ1) is 10.8. The van der Waals surface area contributed by atoms with Crippen LogP contribution in [0.25, 0.3) is 27.8 Å². The number of H-pyrrole nitrogens is 1. The fourth-order valence-corrected chi connectivity index (χ4v) is 2.69. The summed E-state index contributed by atoms with van der Waals surface area (Å²) in [6.07, 6.45) is 2.37. The van der Waals surface area contributed by atoms with Crippen molar-refractivity contribution in [1.82, 2.24) is 24.8 Å². The van der Waals surface area contributed by atoms with Gasteiger partial charge in [0.15, 0.2) is 11.2 Å². The second-order valence-electron chi connectivity index (χ2n) is 5.02. The third kappa shape index (κ3) is 1.74. The number of rotatable bonds is 2. The summed E-state index contributed by atoms with van der Waals surface area (Å²) in [6, 6.07) is 11.8. The molecule has 0 amide bonds. The molecule has 0 aliphatic rings. The Morgan fingerprint density at radius 3 is 2.73 bits per heavy atom. The van der Waals surface area contributed by atoms with Gasteiger partial charge >= 0.3 is 0 Å². The second-order valence-corrected chi connectivity index (χ2v) is 5.02. The van der Waals surface area contributed by atoms with Crippen LogP contribution in [-0.4, -0.2) is 24.8 Å². The van der Waals surface area contributed by atoms with Gasteiger partial charge in [-0.1, -0.05) is 37.3 Å². The van der Waals surface area contributed by atoms with Gasteiger partial charge in [-0.05, 0) is 18.1 Å². The molecule has 0 saturated heterocycles. The number of aryl methyl sites for hydroxylation is 1. The Bertz CT molecular complexity index is 1030. The number of aromatic nitrogens is 5. The van der Waals surface area contributed by atoms with Gasteiger partial charge < -0.3 is 4.98 Å². The molecule has 4 rings (SSSR count). The number of pyridine rings is 1. The van der Waals surface area contributed by atoms with Gasteiger partial charge in [-0.3, -0.25) is 4.79 Å². The number of benzene rings is 1. The normalized spacial score (nSPS) is 11.3. The number of nitrogens with one attached hydrogen (secondary N) is 1. The first-order valence-corrected chi connectivity index (χ1v) is 7.10. The van der Waals surface area contributed by atoms with Gasteiger partial charge in [-0.2, -0.15) is 5.10 Å². The lowest BCUT2D eigenvalue weighted by molar-refractivity contribution is 0.895. The van der Waals surface area contributed by atoms with Crippen LogP contribution in [0.5, 0.6) is 0 Å². The lowest BCUT2D eigenvalue weighted by Crippen LogP contribution is -2.10. The molecule has 22 heavy (non-hydrogen) atoms. The monoisotopic (exact) mass is 291 g/mol. The van der Waals surface area contributed by atoms with E-state index >= 15 is 0 Å². The van der Waals surface area contributed by atoms with Gasteiger partial charge in [0.05, 0.1) is 11.3 Å². The van der Waals surface area contributed by atoms with Crippen LogP contribution in [0.15, 0.2) is 47.4 Å². The van der Waals surface area contributed by atoms with E-state index in [9.17, 15) is 4.79 Å². The summed E-state index contributed by atoms with van der Waals surface area (Å²) in [6.45, 7) is 2.05. The maximum atomic E-state index is 11.9. The molecule has 0 unspecified atom stereocenters. The van der Waals surface area contributed by atoms with Crippen LogP contribution >= 0.6 is 0 Å². The average molecular weight is 291 g/mol. The van der Waals surface area contributed by atoms with Crippen LogP contribution < -0.4 is 5.56 Å². The highest BCUT2D eigenvalue weighted by Gasteiger charge is 2.17. The van der Waals surface area contributed by atoms with Gasteiger partial charge in [0, 0.05) is 6.20 Å². The predicted molar refractivity (Wildman–Crippen MR) is 83.7 cm³/mol. The molecule has 6 nitrogen and oxygen atoms in total. The Morgan fingerprint density at radius 1 is 1.14 bits per heavy atom. The van der Waals surface area contributed by atoms with Crippen molar-refractivity contribution >= 4 is 16.7 Å². The van der Waals surface area contributed by atoms with E-state index in [2.05, 4.69) is 27.2 Å². The Hall–Kier alpha value is -3.02. The number of hydrogen-bond acceptors (Lipinski definition) is 4. The molecule has 0 aliphatic heterocycles.